The number of thiophene rings is 2. The Balaban J connectivity index is 1.70. The summed E-state index contributed by atoms with van der Waals surface area (Å²) in [6, 6.07) is 18.4. The zero-order chi connectivity index (χ0) is 24.2. The van der Waals surface area contributed by atoms with E-state index in [-0.39, 0.29) is 23.6 Å². The van der Waals surface area contributed by atoms with Gasteiger partial charge < -0.3 is 10.0 Å². The van der Waals surface area contributed by atoms with Crippen LogP contribution < -0.4 is 0 Å². The fourth-order valence-corrected chi connectivity index (χ4v) is 6.02. The van der Waals surface area contributed by atoms with Gasteiger partial charge in [0.25, 0.3) is 5.91 Å². The fraction of sp³-hybridized carbons (Fsp3) is 0.120. The minimum Gasteiger partial charge on any atom is -0.480 e. The first-order valence-corrected chi connectivity index (χ1v) is 13.0. The van der Waals surface area contributed by atoms with Gasteiger partial charge in [-0.1, -0.05) is 65.1 Å². The Labute approximate surface area is 219 Å². The predicted octanol–water partition coefficient (Wildman–Crippen LogP) is 7.78. The summed E-state index contributed by atoms with van der Waals surface area (Å²) >= 11 is 21.3. The lowest BCUT2D eigenvalue weighted by molar-refractivity contribution is -0.142. The van der Waals surface area contributed by atoms with E-state index in [1.54, 1.807) is 6.07 Å². The van der Waals surface area contributed by atoms with Gasteiger partial charge in [-0.05, 0) is 47.3 Å². The number of benzene rings is 2. The second-order valence-corrected chi connectivity index (χ2v) is 11.1. The van der Waals surface area contributed by atoms with Gasteiger partial charge in [0.1, 0.15) is 6.04 Å². The van der Waals surface area contributed by atoms with E-state index in [4.69, 9.17) is 34.8 Å². The number of carboxylic acid groups (broad SMARTS) is 1. The van der Waals surface area contributed by atoms with Crippen LogP contribution in [-0.2, 0) is 17.8 Å². The van der Waals surface area contributed by atoms with E-state index in [9.17, 15) is 14.7 Å². The number of halogens is 3. The summed E-state index contributed by atoms with van der Waals surface area (Å²) in [7, 11) is 0. The summed E-state index contributed by atoms with van der Waals surface area (Å²) in [5.74, 6) is -1.57. The lowest BCUT2D eigenvalue weighted by Crippen LogP contribution is -2.46. The Hall–Kier alpha value is -2.35. The van der Waals surface area contributed by atoms with Gasteiger partial charge >= 0.3 is 5.97 Å². The van der Waals surface area contributed by atoms with Crippen LogP contribution in [0.1, 0.15) is 20.8 Å². The largest absolute Gasteiger partial charge is 0.480 e. The van der Waals surface area contributed by atoms with Crippen molar-refractivity contribution in [2.24, 2.45) is 0 Å². The second kappa shape index (κ2) is 10.9. The highest BCUT2D eigenvalue weighted by atomic mass is 35.5. The van der Waals surface area contributed by atoms with Gasteiger partial charge in [-0.3, -0.25) is 4.79 Å². The number of hydrogen-bond donors (Lipinski definition) is 1. The maximum atomic E-state index is 13.6. The van der Waals surface area contributed by atoms with Gasteiger partial charge in [-0.15, -0.1) is 22.7 Å². The van der Waals surface area contributed by atoms with Gasteiger partial charge in [0.2, 0.25) is 0 Å². The van der Waals surface area contributed by atoms with Crippen LogP contribution in [0, 0.1) is 0 Å². The van der Waals surface area contributed by atoms with E-state index in [1.807, 2.05) is 53.9 Å². The van der Waals surface area contributed by atoms with Crippen molar-refractivity contribution < 1.29 is 14.7 Å². The summed E-state index contributed by atoms with van der Waals surface area (Å²) < 4.78 is 0.686. The number of amides is 1. The van der Waals surface area contributed by atoms with Crippen LogP contribution in [0.2, 0.25) is 14.4 Å². The average molecular weight is 551 g/mol. The Morgan fingerprint density at radius 2 is 1.74 bits per heavy atom. The summed E-state index contributed by atoms with van der Waals surface area (Å²) in [6.45, 7) is 0.116. The van der Waals surface area contributed by atoms with Crippen LogP contribution in [0.25, 0.3) is 10.4 Å². The van der Waals surface area contributed by atoms with Crippen LogP contribution in [-0.4, -0.2) is 27.9 Å². The molecule has 0 bridgehead atoms. The fourth-order valence-electron chi connectivity index (χ4n) is 3.54. The van der Waals surface area contributed by atoms with Gasteiger partial charge in [-0.2, -0.15) is 0 Å². The molecule has 0 spiro atoms. The number of aliphatic carboxylic acids is 1. The lowest BCUT2D eigenvalue weighted by atomic mass is 10.0. The van der Waals surface area contributed by atoms with Crippen molar-refractivity contribution in [1.82, 2.24) is 4.90 Å². The number of hydrogen-bond acceptors (Lipinski definition) is 4. The molecule has 174 valence electrons. The summed E-state index contributed by atoms with van der Waals surface area (Å²) in [6.07, 6.45) is 0.159. The molecule has 34 heavy (non-hydrogen) atoms. The number of rotatable bonds is 8. The van der Waals surface area contributed by atoms with Crippen LogP contribution in [0.3, 0.4) is 0 Å². The van der Waals surface area contributed by atoms with E-state index >= 15 is 0 Å². The van der Waals surface area contributed by atoms with Gasteiger partial charge in [0, 0.05) is 26.8 Å². The highest BCUT2D eigenvalue weighted by Gasteiger charge is 2.32. The van der Waals surface area contributed by atoms with Gasteiger partial charge in [0.15, 0.2) is 0 Å². The average Bonchev–Trinajstić information content (AvgIpc) is 3.45. The summed E-state index contributed by atoms with van der Waals surface area (Å²) in [5, 5.41) is 12.7. The molecule has 0 aliphatic rings. The van der Waals surface area contributed by atoms with E-state index in [2.05, 4.69) is 0 Å². The first kappa shape index (κ1) is 24.8. The first-order chi connectivity index (χ1) is 16.3. The highest BCUT2D eigenvalue weighted by Crippen LogP contribution is 2.34. The van der Waals surface area contributed by atoms with Crippen molar-refractivity contribution >= 4 is 69.4 Å². The molecule has 9 heteroatoms. The first-order valence-electron chi connectivity index (χ1n) is 10.2. The van der Waals surface area contributed by atoms with Crippen LogP contribution in [0.15, 0.2) is 72.1 Å². The van der Waals surface area contributed by atoms with Crippen molar-refractivity contribution in [2.75, 3.05) is 0 Å². The molecule has 0 saturated carbocycles. The standard InChI is InChI=1S/C25H18Cl3NO3S2/c26-17-6-7-19(20(27)12-17)24(30)29(21(25(31)32)10-15-4-2-1-3-5-15)13-18-11-16(14-33-18)22-8-9-23(28)34-22/h1-9,11-12,14,21H,10,13H2,(H,31,32)/t21-/m0/s1. The topological polar surface area (TPSA) is 57.6 Å². The number of nitrogens with zero attached hydrogens (tertiary/aromatic N) is 1. The third-order valence-corrected chi connectivity index (χ3v) is 7.94. The zero-order valence-corrected chi connectivity index (χ0v) is 21.5. The Bertz CT molecular complexity index is 1320. The van der Waals surface area contributed by atoms with Crippen molar-refractivity contribution in [1.29, 1.82) is 0 Å². The molecule has 4 aromatic rings. The van der Waals surface area contributed by atoms with Crippen molar-refractivity contribution in [3.8, 4) is 10.4 Å². The minimum absolute atomic E-state index is 0.116. The van der Waals surface area contributed by atoms with Crippen molar-refractivity contribution in [3.05, 3.63) is 102 Å². The molecule has 2 heterocycles. The maximum Gasteiger partial charge on any atom is 0.326 e. The van der Waals surface area contributed by atoms with Gasteiger partial charge in [0.05, 0.1) is 21.5 Å². The Morgan fingerprint density at radius 1 is 0.971 bits per heavy atom. The number of carbonyl (C=O) groups excluding carboxylic acids is 1. The summed E-state index contributed by atoms with van der Waals surface area (Å²) in [5.41, 5.74) is 1.99. The molecular weight excluding hydrogens is 533 g/mol. The molecule has 1 N–H and O–H groups in total. The quantitative estimate of drug-likeness (QED) is 0.244. The van der Waals surface area contributed by atoms with Crippen LogP contribution in [0.4, 0.5) is 0 Å². The van der Waals surface area contributed by atoms with E-state index in [0.717, 1.165) is 20.9 Å². The second-order valence-electron chi connectivity index (χ2n) is 7.51. The molecule has 0 unspecified atom stereocenters. The molecule has 4 rings (SSSR count). The van der Waals surface area contributed by atoms with Crippen LogP contribution in [0.5, 0.6) is 0 Å². The zero-order valence-electron chi connectivity index (χ0n) is 17.6. The SMILES string of the molecule is O=C(O)[C@H](Cc1ccccc1)N(Cc1cc(-c2ccc(Cl)s2)cs1)C(=O)c1ccc(Cl)cc1Cl. The molecule has 2 aromatic heterocycles. The molecule has 0 aliphatic carbocycles. The van der Waals surface area contributed by atoms with Crippen molar-refractivity contribution in [2.45, 2.75) is 19.0 Å². The normalized spacial score (nSPS) is 11.9. The Kier molecular flexibility index (Phi) is 7.96. The molecule has 1 atom stereocenters. The highest BCUT2D eigenvalue weighted by molar-refractivity contribution is 7.19. The molecule has 0 saturated heterocycles. The van der Waals surface area contributed by atoms with Gasteiger partial charge in [-0.25, -0.2) is 4.79 Å². The number of carbonyl (C=O) groups is 2. The van der Waals surface area contributed by atoms with E-state index in [1.165, 1.54) is 39.7 Å². The molecule has 0 aliphatic heterocycles. The van der Waals surface area contributed by atoms with Crippen LogP contribution >= 0.6 is 57.5 Å². The lowest BCUT2D eigenvalue weighted by Gasteiger charge is -2.29. The Morgan fingerprint density at radius 3 is 2.38 bits per heavy atom. The van der Waals surface area contributed by atoms with E-state index in [0.29, 0.717) is 9.36 Å². The third kappa shape index (κ3) is 5.82. The van der Waals surface area contributed by atoms with E-state index < -0.39 is 17.9 Å². The molecule has 0 radical (unpaired) electrons. The molecular formula is C25H18Cl3NO3S2. The molecule has 0 fully saturated rings. The minimum atomic E-state index is -1.09. The van der Waals surface area contributed by atoms with Crippen molar-refractivity contribution in [3.63, 3.8) is 0 Å². The molecule has 2 aromatic carbocycles. The monoisotopic (exact) mass is 549 g/mol. The maximum absolute atomic E-state index is 13.6. The summed E-state index contributed by atoms with van der Waals surface area (Å²) in [4.78, 5) is 29.2. The predicted molar refractivity (Wildman–Crippen MR) is 141 cm³/mol. The molecule has 4 nitrogen and oxygen atoms in total. The third-order valence-electron chi connectivity index (χ3n) is 5.19. The molecule has 1 amide bonds. The smallest absolute Gasteiger partial charge is 0.326 e. The number of carboxylic acids is 1.